The van der Waals surface area contributed by atoms with E-state index in [2.05, 4.69) is 4.74 Å². The molecule has 3 rings (SSSR count). The average molecular weight is 548 g/mol. The van der Waals surface area contributed by atoms with E-state index >= 15 is 0 Å². The quantitative estimate of drug-likeness (QED) is 0.365. The molecule has 1 fully saturated rings. The van der Waals surface area contributed by atoms with Crippen molar-refractivity contribution in [3.05, 3.63) is 54.1 Å². The fourth-order valence-corrected chi connectivity index (χ4v) is 6.23. The number of amides is 2. The van der Waals surface area contributed by atoms with Crippen molar-refractivity contribution in [2.75, 3.05) is 39.2 Å². The lowest BCUT2D eigenvalue weighted by Crippen LogP contribution is -2.49. The van der Waals surface area contributed by atoms with E-state index in [0.717, 1.165) is 11.8 Å². The molecule has 10 nitrogen and oxygen atoms in total. The number of esters is 1. The van der Waals surface area contributed by atoms with E-state index in [1.165, 1.54) is 59.5 Å². The highest BCUT2D eigenvalue weighted by Crippen LogP contribution is 2.29. The molecule has 0 radical (unpaired) electrons. The van der Waals surface area contributed by atoms with Crippen molar-refractivity contribution in [3.8, 4) is 0 Å². The van der Waals surface area contributed by atoms with Crippen molar-refractivity contribution < 1.29 is 32.3 Å². The number of nitrogens with zero attached hydrogens (tertiary/aromatic N) is 3. The van der Waals surface area contributed by atoms with Gasteiger partial charge in [0.15, 0.2) is 5.12 Å². The average Bonchev–Trinajstić information content (AvgIpc) is 3.38. The number of likely N-dealkylation sites (N-methyl/N-ethyl adjacent to an activating group) is 2. The van der Waals surface area contributed by atoms with Crippen LogP contribution in [0.5, 0.6) is 0 Å². The first-order chi connectivity index (χ1) is 17.4. The normalized spacial score (nSPS) is 15.7. The van der Waals surface area contributed by atoms with Gasteiger partial charge in [-0.3, -0.25) is 14.4 Å². The molecule has 1 aliphatic heterocycles. The Labute approximate surface area is 220 Å². The fraction of sp³-hybridized carbons (Fsp3) is 0.360. The number of carbonyl (C=O) groups excluding carboxylic acids is 4. The third kappa shape index (κ3) is 6.56. The number of methoxy groups -OCH3 is 1. The summed E-state index contributed by atoms with van der Waals surface area (Å²) in [4.78, 5) is 52.2. The molecule has 0 bridgehead atoms. The van der Waals surface area contributed by atoms with Crippen LogP contribution in [-0.4, -0.2) is 80.9 Å². The van der Waals surface area contributed by atoms with Gasteiger partial charge in [0.25, 0.3) is 0 Å². The third-order valence-corrected chi connectivity index (χ3v) is 8.70. The lowest BCUT2D eigenvalue weighted by Gasteiger charge is -2.28. The molecule has 12 heteroatoms. The summed E-state index contributed by atoms with van der Waals surface area (Å²) in [6, 6.07) is 11.3. The van der Waals surface area contributed by atoms with Crippen LogP contribution < -0.4 is 4.90 Å². The summed E-state index contributed by atoms with van der Waals surface area (Å²) >= 11 is 1.00. The fourth-order valence-electron chi connectivity index (χ4n) is 3.98. The molecule has 0 N–H and O–H groups in total. The molecular formula is C25H29N3O7S2. The lowest BCUT2D eigenvalue weighted by molar-refractivity contribution is -0.136. The molecule has 1 saturated heterocycles. The van der Waals surface area contributed by atoms with E-state index in [1.807, 2.05) is 0 Å². The summed E-state index contributed by atoms with van der Waals surface area (Å²) < 4.78 is 32.4. The molecule has 0 spiro atoms. The van der Waals surface area contributed by atoms with Crippen LogP contribution in [0, 0.1) is 0 Å². The predicted octanol–water partition coefficient (Wildman–Crippen LogP) is 2.39. The zero-order chi connectivity index (χ0) is 27.3. The first-order valence-electron chi connectivity index (χ1n) is 11.5. The highest BCUT2D eigenvalue weighted by Gasteiger charge is 2.41. The Bertz CT molecular complexity index is 1280. The van der Waals surface area contributed by atoms with Crippen LogP contribution in [0.15, 0.2) is 58.3 Å². The summed E-state index contributed by atoms with van der Waals surface area (Å²) in [5, 5.41) is -0.109. The van der Waals surface area contributed by atoms with Crippen LogP contribution in [0.25, 0.3) is 0 Å². The number of hydrogen-bond donors (Lipinski definition) is 0. The molecule has 1 aliphatic rings. The zero-order valence-corrected chi connectivity index (χ0v) is 22.7. The number of benzene rings is 2. The highest BCUT2D eigenvalue weighted by atomic mass is 32.2. The van der Waals surface area contributed by atoms with Crippen molar-refractivity contribution in [3.63, 3.8) is 0 Å². The Morgan fingerprint density at radius 2 is 1.65 bits per heavy atom. The zero-order valence-electron chi connectivity index (χ0n) is 21.0. The maximum atomic E-state index is 13.3. The monoisotopic (exact) mass is 547 g/mol. The Hall–Kier alpha value is -3.22. The maximum absolute atomic E-state index is 13.3. The Morgan fingerprint density at radius 3 is 2.22 bits per heavy atom. The van der Waals surface area contributed by atoms with E-state index in [0.29, 0.717) is 29.0 Å². The summed E-state index contributed by atoms with van der Waals surface area (Å²) in [5.74, 6) is -1.34. The number of ether oxygens (including phenoxy) is 1. The second-order valence-corrected chi connectivity index (χ2v) is 11.7. The van der Waals surface area contributed by atoms with Crippen molar-refractivity contribution in [1.29, 1.82) is 0 Å². The van der Waals surface area contributed by atoms with Gasteiger partial charge in [-0.05, 0) is 61.4 Å². The minimum Gasteiger partial charge on any atom is -0.465 e. The highest BCUT2D eigenvalue weighted by molar-refractivity contribution is 8.13. The molecule has 1 unspecified atom stereocenters. The first kappa shape index (κ1) is 28.4. The number of carbonyl (C=O) groups is 4. The number of anilines is 1. The Morgan fingerprint density at radius 1 is 1.03 bits per heavy atom. The molecule has 1 heterocycles. The smallest absolute Gasteiger partial charge is 0.337 e. The number of rotatable bonds is 8. The van der Waals surface area contributed by atoms with E-state index in [1.54, 1.807) is 31.3 Å². The predicted molar refractivity (Wildman–Crippen MR) is 139 cm³/mol. The van der Waals surface area contributed by atoms with Crippen LogP contribution in [0.2, 0.25) is 0 Å². The van der Waals surface area contributed by atoms with Crippen LogP contribution in [0.3, 0.4) is 0 Å². The molecule has 0 aliphatic carbocycles. The van der Waals surface area contributed by atoms with E-state index in [-0.39, 0.29) is 29.0 Å². The number of hydrogen-bond acceptors (Lipinski definition) is 8. The molecular weight excluding hydrogens is 518 g/mol. The van der Waals surface area contributed by atoms with Crippen LogP contribution >= 0.6 is 11.8 Å². The standard InChI is InChI=1S/C25H29N3O7S2/c1-17(29)36-20-11-13-21(14-12-20)37(33,34)28-15-5-6-22(28)24(31)26(2)16-23(30)27(3)19-9-7-18(8-10-19)25(32)35-4/h7-14,22H,5-6,15-16H2,1-4H3. The van der Waals surface area contributed by atoms with Gasteiger partial charge >= 0.3 is 5.97 Å². The van der Waals surface area contributed by atoms with Gasteiger partial charge < -0.3 is 14.5 Å². The van der Waals surface area contributed by atoms with Crippen LogP contribution in [0.1, 0.15) is 30.1 Å². The minimum absolute atomic E-state index is 0.0361. The lowest BCUT2D eigenvalue weighted by atomic mass is 10.2. The molecule has 37 heavy (non-hydrogen) atoms. The van der Waals surface area contributed by atoms with Crippen LogP contribution in [0.4, 0.5) is 5.69 Å². The molecule has 0 saturated carbocycles. The first-order valence-corrected chi connectivity index (χ1v) is 13.7. The van der Waals surface area contributed by atoms with E-state index < -0.39 is 27.9 Å². The number of sulfonamides is 1. The van der Waals surface area contributed by atoms with E-state index in [9.17, 15) is 27.6 Å². The summed E-state index contributed by atoms with van der Waals surface area (Å²) in [7, 11) is 0.338. The summed E-state index contributed by atoms with van der Waals surface area (Å²) in [6.45, 7) is 1.36. The number of thioether (sulfide) groups is 1. The van der Waals surface area contributed by atoms with Gasteiger partial charge in [-0.1, -0.05) is 11.8 Å². The van der Waals surface area contributed by atoms with Gasteiger partial charge in [-0.25, -0.2) is 13.2 Å². The van der Waals surface area contributed by atoms with Gasteiger partial charge in [0.05, 0.1) is 24.1 Å². The van der Waals surface area contributed by atoms with Gasteiger partial charge in [-0.15, -0.1) is 0 Å². The molecule has 2 aromatic rings. The van der Waals surface area contributed by atoms with Crippen molar-refractivity contribution in [2.24, 2.45) is 0 Å². The topological polar surface area (TPSA) is 121 Å². The molecule has 1 atom stereocenters. The Kier molecular flexibility index (Phi) is 9.11. The maximum Gasteiger partial charge on any atom is 0.337 e. The summed E-state index contributed by atoms with van der Waals surface area (Å²) in [6.07, 6.45) is 0.863. The van der Waals surface area contributed by atoms with Crippen molar-refractivity contribution in [2.45, 2.75) is 35.6 Å². The SMILES string of the molecule is COC(=O)c1ccc(N(C)C(=O)CN(C)C(=O)C2CCCN2S(=O)(=O)c2ccc(SC(C)=O)cc2)cc1. The van der Waals surface area contributed by atoms with Gasteiger partial charge in [0.2, 0.25) is 21.8 Å². The minimum atomic E-state index is -3.95. The largest absolute Gasteiger partial charge is 0.465 e. The molecule has 0 aromatic heterocycles. The molecule has 2 amide bonds. The molecule has 2 aromatic carbocycles. The second kappa shape index (κ2) is 11.9. The van der Waals surface area contributed by atoms with Gasteiger partial charge in [0, 0.05) is 38.1 Å². The van der Waals surface area contributed by atoms with Gasteiger partial charge in [0.1, 0.15) is 6.04 Å². The van der Waals surface area contributed by atoms with Crippen LogP contribution in [-0.2, 0) is 29.1 Å². The van der Waals surface area contributed by atoms with E-state index in [4.69, 9.17) is 0 Å². The van der Waals surface area contributed by atoms with Crippen molar-refractivity contribution >= 4 is 50.4 Å². The second-order valence-electron chi connectivity index (χ2n) is 8.52. The van der Waals surface area contributed by atoms with Crippen molar-refractivity contribution in [1.82, 2.24) is 9.21 Å². The molecule has 198 valence electrons. The summed E-state index contributed by atoms with van der Waals surface area (Å²) in [5.41, 5.74) is 0.865. The van der Waals surface area contributed by atoms with Gasteiger partial charge in [-0.2, -0.15) is 4.31 Å². The Balaban J connectivity index is 1.68. The third-order valence-electron chi connectivity index (χ3n) is 5.98.